The van der Waals surface area contributed by atoms with Gasteiger partial charge in [0.1, 0.15) is 0 Å². The van der Waals surface area contributed by atoms with Gasteiger partial charge in [-0.25, -0.2) is 0 Å². The third-order valence-electron chi connectivity index (χ3n) is 3.78. The van der Waals surface area contributed by atoms with Crippen LogP contribution in [0, 0.1) is 5.92 Å². The predicted octanol–water partition coefficient (Wildman–Crippen LogP) is 0.957. The van der Waals surface area contributed by atoms with Gasteiger partial charge in [-0.15, -0.1) is 0 Å². The van der Waals surface area contributed by atoms with Gasteiger partial charge in [-0.1, -0.05) is 13.3 Å². The number of aliphatic carboxylic acids is 1. The summed E-state index contributed by atoms with van der Waals surface area (Å²) in [6, 6.07) is 0.162. The lowest BCUT2D eigenvalue weighted by Gasteiger charge is -2.25. The minimum atomic E-state index is -0.926. The molecule has 0 unspecified atom stereocenters. The lowest BCUT2D eigenvalue weighted by atomic mass is 10.1. The molecule has 0 aromatic carbocycles. The van der Waals surface area contributed by atoms with E-state index < -0.39 is 5.97 Å². The van der Waals surface area contributed by atoms with Gasteiger partial charge in [-0.2, -0.15) is 0 Å². The number of likely N-dealkylation sites (tertiary alicyclic amines) is 1. The lowest BCUT2D eigenvalue weighted by molar-refractivity contribution is -0.139. The fraction of sp³-hybridized carbons (Fsp3) is 0.786. The third kappa shape index (κ3) is 4.21. The zero-order chi connectivity index (χ0) is 15.3. The topological polar surface area (TPSA) is 77.9 Å². The van der Waals surface area contributed by atoms with E-state index in [-0.39, 0.29) is 43.2 Å². The Morgan fingerprint density at radius 1 is 1.50 bits per heavy atom. The third-order valence-corrected chi connectivity index (χ3v) is 3.78. The van der Waals surface area contributed by atoms with Crippen LogP contribution in [0.15, 0.2) is 0 Å². The summed E-state index contributed by atoms with van der Waals surface area (Å²) in [5.74, 6) is -1.37. The van der Waals surface area contributed by atoms with Crippen LogP contribution in [0.25, 0.3) is 0 Å². The molecular weight excluding hydrogens is 260 g/mol. The molecule has 1 saturated heterocycles. The number of carbonyl (C=O) groups excluding carboxylic acids is 2. The van der Waals surface area contributed by atoms with Crippen LogP contribution in [0.4, 0.5) is 0 Å². The number of hydrogen-bond donors (Lipinski definition) is 1. The molecule has 0 radical (unpaired) electrons. The summed E-state index contributed by atoms with van der Waals surface area (Å²) in [7, 11) is 1.59. The van der Waals surface area contributed by atoms with Crippen LogP contribution in [0.5, 0.6) is 0 Å². The maximum Gasteiger partial charge on any atom is 0.305 e. The van der Waals surface area contributed by atoms with Gasteiger partial charge in [0.05, 0.1) is 12.3 Å². The fourth-order valence-corrected chi connectivity index (χ4v) is 2.58. The summed E-state index contributed by atoms with van der Waals surface area (Å²) in [6.07, 6.45) is 2.10. The van der Waals surface area contributed by atoms with E-state index in [1.54, 1.807) is 11.9 Å². The Kier molecular flexibility index (Phi) is 5.98. The van der Waals surface area contributed by atoms with Crippen LogP contribution in [0.2, 0.25) is 0 Å². The van der Waals surface area contributed by atoms with Crippen molar-refractivity contribution in [3.63, 3.8) is 0 Å². The SMILES string of the molecule is CCC[C@@H](C)N1C[C@H](C(=O)N(C)CCC(=O)O)CC1=O. The Morgan fingerprint density at radius 2 is 2.15 bits per heavy atom. The van der Waals surface area contributed by atoms with Crippen molar-refractivity contribution in [2.45, 2.75) is 45.6 Å². The molecule has 0 spiro atoms. The van der Waals surface area contributed by atoms with E-state index in [9.17, 15) is 14.4 Å². The molecule has 20 heavy (non-hydrogen) atoms. The van der Waals surface area contributed by atoms with Gasteiger partial charge in [-0.05, 0) is 13.3 Å². The second-order valence-corrected chi connectivity index (χ2v) is 5.49. The first-order chi connectivity index (χ1) is 9.36. The Balaban J connectivity index is 2.54. The average Bonchev–Trinajstić information content (AvgIpc) is 2.77. The van der Waals surface area contributed by atoms with Crippen LogP contribution in [0.1, 0.15) is 39.5 Å². The van der Waals surface area contributed by atoms with E-state index >= 15 is 0 Å². The van der Waals surface area contributed by atoms with E-state index in [0.717, 1.165) is 12.8 Å². The van der Waals surface area contributed by atoms with Crippen LogP contribution >= 0.6 is 0 Å². The first kappa shape index (κ1) is 16.5. The number of carbonyl (C=O) groups is 3. The van der Waals surface area contributed by atoms with Crippen molar-refractivity contribution in [3.05, 3.63) is 0 Å². The number of carboxylic acid groups (broad SMARTS) is 1. The minimum absolute atomic E-state index is 0.0240. The summed E-state index contributed by atoms with van der Waals surface area (Å²) < 4.78 is 0. The summed E-state index contributed by atoms with van der Waals surface area (Å²) in [4.78, 5) is 37.8. The first-order valence-electron chi connectivity index (χ1n) is 7.13. The lowest BCUT2D eigenvalue weighted by Crippen LogP contribution is -2.38. The Hall–Kier alpha value is -1.59. The standard InChI is InChI=1S/C14H24N2O4/c1-4-5-10(2)16-9-11(8-12(16)17)14(20)15(3)7-6-13(18)19/h10-11H,4-9H2,1-3H3,(H,18,19)/t10-,11-/m1/s1. The highest BCUT2D eigenvalue weighted by Gasteiger charge is 2.37. The maximum absolute atomic E-state index is 12.2. The van der Waals surface area contributed by atoms with Crippen molar-refractivity contribution >= 4 is 17.8 Å². The Labute approximate surface area is 119 Å². The van der Waals surface area contributed by atoms with Crippen molar-refractivity contribution in [1.29, 1.82) is 0 Å². The highest BCUT2D eigenvalue weighted by molar-refractivity contribution is 5.89. The van der Waals surface area contributed by atoms with Gasteiger partial charge in [0.25, 0.3) is 0 Å². The van der Waals surface area contributed by atoms with Crippen LogP contribution in [0.3, 0.4) is 0 Å². The molecule has 2 atom stereocenters. The molecule has 6 nitrogen and oxygen atoms in total. The van der Waals surface area contributed by atoms with E-state index in [4.69, 9.17) is 5.11 Å². The maximum atomic E-state index is 12.2. The molecule has 1 heterocycles. The fourth-order valence-electron chi connectivity index (χ4n) is 2.58. The van der Waals surface area contributed by atoms with Crippen molar-refractivity contribution in [2.24, 2.45) is 5.92 Å². The molecule has 1 N–H and O–H groups in total. The van der Waals surface area contributed by atoms with Gasteiger partial charge < -0.3 is 14.9 Å². The smallest absolute Gasteiger partial charge is 0.305 e. The monoisotopic (exact) mass is 284 g/mol. The average molecular weight is 284 g/mol. The van der Waals surface area contributed by atoms with Gasteiger partial charge in [0.2, 0.25) is 11.8 Å². The molecular formula is C14H24N2O4. The van der Waals surface area contributed by atoms with Crippen molar-refractivity contribution in [3.8, 4) is 0 Å². The van der Waals surface area contributed by atoms with Crippen molar-refractivity contribution in [2.75, 3.05) is 20.1 Å². The van der Waals surface area contributed by atoms with E-state index in [2.05, 4.69) is 6.92 Å². The molecule has 1 aliphatic heterocycles. The number of nitrogens with zero attached hydrogens (tertiary/aromatic N) is 2. The number of amides is 2. The molecule has 0 bridgehead atoms. The van der Waals surface area contributed by atoms with Gasteiger partial charge in [0.15, 0.2) is 0 Å². The number of rotatable bonds is 7. The highest BCUT2D eigenvalue weighted by Crippen LogP contribution is 2.23. The number of hydrogen-bond acceptors (Lipinski definition) is 3. The second kappa shape index (κ2) is 7.26. The number of carboxylic acids is 1. The van der Waals surface area contributed by atoms with E-state index in [1.807, 2.05) is 6.92 Å². The first-order valence-corrected chi connectivity index (χ1v) is 7.13. The normalized spacial score (nSPS) is 20.1. The van der Waals surface area contributed by atoms with Crippen molar-refractivity contribution in [1.82, 2.24) is 9.80 Å². The predicted molar refractivity (Wildman–Crippen MR) is 74.1 cm³/mol. The van der Waals surface area contributed by atoms with Crippen molar-refractivity contribution < 1.29 is 19.5 Å². The summed E-state index contributed by atoms with van der Waals surface area (Å²) in [5.41, 5.74) is 0. The summed E-state index contributed by atoms with van der Waals surface area (Å²) in [5, 5.41) is 8.63. The molecule has 0 aromatic rings. The largest absolute Gasteiger partial charge is 0.481 e. The molecule has 114 valence electrons. The Morgan fingerprint density at radius 3 is 2.70 bits per heavy atom. The van der Waals surface area contributed by atoms with Gasteiger partial charge in [0, 0.05) is 32.6 Å². The molecule has 1 fully saturated rings. The molecule has 0 saturated carbocycles. The quantitative estimate of drug-likeness (QED) is 0.755. The van der Waals surface area contributed by atoms with Gasteiger partial charge >= 0.3 is 5.97 Å². The summed E-state index contributed by atoms with van der Waals surface area (Å²) in [6.45, 7) is 4.71. The molecule has 1 rings (SSSR count). The molecule has 0 aromatic heterocycles. The highest BCUT2D eigenvalue weighted by atomic mass is 16.4. The second-order valence-electron chi connectivity index (χ2n) is 5.49. The van der Waals surface area contributed by atoms with E-state index in [1.165, 1.54) is 4.90 Å². The molecule has 2 amide bonds. The zero-order valence-corrected chi connectivity index (χ0v) is 12.5. The van der Waals surface area contributed by atoms with Crippen LogP contribution < -0.4 is 0 Å². The van der Waals surface area contributed by atoms with Crippen LogP contribution in [-0.2, 0) is 14.4 Å². The molecule has 0 aliphatic carbocycles. The summed E-state index contributed by atoms with van der Waals surface area (Å²) >= 11 is 0. The van der Waals surface area contributed by atoms with E-state index in [0.29, 0.717) is 6.54 Å². The molecule has 1 aliphatic rings. The van der Waals surface area contributed by atoms with Crippen LogP contribution in [-0.4, -0.2) is 58.9 Å². The minimum Gasteiger partial charge on any atom is -0.481 e. The zero-order valence-electron chi connectivity index (χ0n) is 12.5. The Bertz CT molecular complexity index is 383. The molecule has 6 heteroatoms. The van der Waals surface area contributed by atoms with Gasteiger partial charge in [-0.3, -0.25) is 14.4 Å².